The van der Waals surface area contributed by atoms with E-state index in [1.54, 1.807) is 0 Å². The van der Waals surface area contributed by atoms with Gasteiger partial charge in [0.2, 0.25) is 0 Å². The Morgan fingerprint density at radius 2 is 1.65 bits per heavy atom. The smallest absolute Gasteiger partial charge is 0.308 e. The van der Waals surface area contributed by atoms with Crippen LogP contribution < -0.4 is 0 Å². The van der Waals surface area contributed by atoms with E-state index in [0.717, 1.165) is 38.5 Å². The Hall–Kier alpha value is -0.830. The first-order valence-electron chi connectivity index (χ1n) is 9.52. The van der Waals surface area contributed by atoms with Gasteiger partial charge >= 0.3 is 5.97 Å². The molecule has 23 heavy (non-hydrogen) atoms. The van der Waals surface area contributed by atoms with Crippen LogP contribution in [0.1, 0.15) is 90.9 Å². The summed E-state index contributed by atoms with van der Waals surface area (Å²) in [6.45, 7) is 4.14. The first kappa shape index (κ1) is 22.2. The number of aliphatic hydroxyl groups excluding tert-OH is 1. The molecule has 0 radical (unpaired) electrons. The molecule has 0 rings (SSSR count). The minimum Gasteiger partial charge on any atom is -0.469 e. The summed E-state index contributed by atoms with van der Waals surface area (Å²) in [5.41, 5.74) is 0. The highest BCUT2D eigenvalue weighted by molar-refractivity contribution is 5.71. The van der Waals surface area contributed by atoms with E-state index in [9.17, 15) is 9.90 Å². The molecule has 0 aromatic carbocycles. The molecule has 3 heteroatoms. The Morgan fingerprint density at radius 3 is 2.35 bits per heavy atom. The number of aliphatic hydroxyl groups is 1. The Bertz CT molecular complexity index is 299. The van der Waals surface area contributed by atoms with E-state index in [1.165, 1.54) is 45.6 Å². The molecule has 2 atom stereocenters. The molecule has 0 heterocycles. The maximum Gasteiger partial charge on any atom is 0.308 e. The number of hydrogen-bond acceptors (Lipinski definition) is 3. The molecule has 0 amide bonds. The summed E-state index contributed by atoms with van der Waals surface area (Å²) in [4.78, 5) is 11.3. The fraction of sp³-hybridized carbons (Fsp3) is 0.850. The van der Waals surface area contributed by atoms with E-state index >= 15 is 0 Å². The van der Waals surface area contributed by atoms with Gasteiger partial charge in [0.25, 0.3) is 0 Å². The lowest BCUT2D eigenvalue weighted by Gasteiger charge is -2.08. The zero-order chi connectivity index (χ0) is 17.3. The van der Waals surface area contributed by atoms with E-state index in [2.05, 4.69) is 19.1 Å². The Kier molecular flexibility index (Phi) is 15.5. The molecule has 0 bridgehead atoms. The molecule has 0 saturated carbocycles. The molecule has 0 aliphatic heterocycles. The van der Waals surface area contributed by atoms with Crippen molar-refractivity contribution in [2.75, 3.05) is 7.11 Å². The van der Waals surface area contributed by atoms with Crippen LogP contribution in [0.2, 0.25) is 0 Å². The third-order valence-corrected chi connectivity index (χ3v) is 4.33. The molecule has 0 spiro atoms. The van der Waals surface area contributed by atoms with Gasteiger partial charge in [0.1, 0.15) is 0 Å². The molecule has 0 fully saturated rings. The number of carbonyl (C=O) groups is 1. The number of hydrogen-bond donors (Lipinski definition) is 1. The number of ether oxygens (including phenoxy) is 1. The predicted molar refractivity (Wildman–Crippen MR) is 97.4 cm³/mol. The van der Waals surface area contributed by atoms with Crippen LogP contribution in [0.3, 0.4) is 0 Å². The van der Waals surface area contributed by atoms with Crippen LogP contribution in [0, 0.1) is 5.92 Å². The van der Waals surface area contributed by atoms with Gasteiger partial charge in [-0.25, -0.2) is 0 Å². The molecule has 3 nitrogen and oxygen atoms in total. The fourth-order valence-corrected chi connectivity index (χ4v) is 2.68. The average molecular weight is 327 g/mol. The van der Waals surface area contributed by atoms with Crippen LogP contribution in [0.15, 0.2) is 12.2 Å². The van der Waals surface area contributed by atoms with E-state index in [0.29, 0.717) is 0 Å². The lowest BCUT2D eigenvalue weighted by molar-refractivity contribution is -0.145. The summed E-state index contributed by atoms with van der Waals surface area (Å²) in [5.74, 6) is -0.0695. The van der Waals surface area contributed by atoms with Crippen molar-refractivity contribution in [1.29, 1.82) is 0 Å². The first-order chi connectivity index (χ1) is 11.1. The van der Waals surface area contributed by atoms with E-state index in [4.69, 9.17) is 4.74 Å². The predicted octanol–water partition coefficient (Wildman–Crippen LogP) is 5.41. The minimum absolute atomic E-state index is 0.0266. The van der Waals surface area contributed by atoms with Crippen molar-refractivity contribution in [2.24, 2.45) is 5.92 Å². The van der Waals surface area contributed by atoms with Crippen molar-refractivity contribution in [3.05, 3.63) is 12.2 Å². The normalized spacial score (nSPS) is 14.1. The molecule has 0 aliphatic carbocycles. The topological polar surface area (TPSA) is 46.5 Å². The maximum absolute atomic E-state index is 11.3. The quantitative estimate of drug-likeness (QED) is 0.248. The highest BCUT2D eigenvalue weighted by Crippen LogP contribution is 2.13. The lowest BCUT2D eigenvalue weighted by Crippen LogP contribution is -2.12. The van der Waals surface area contributed by atoms with Crippen molar-refractivity contribution in [3.8, 4) is 0 Å². The van der Waals surface area contributed by atoms with Crippen molar-refractivity contribution in [1.82, 2.24) is 0 Å². The monoisotopic (exact) mass is 326 g/mol. The highest BCUT2D eigenvalue weighted by atomic mass is 16.5. The summed E-state index contributed by atoms with van der Waals surface area (Å²) in [7, 11) is 1.45. The van der Waals surface area contributed by atoms with Gasteiger partial charge in [0, 0.05) is 0 Å². The highest BCUT2D eigenvalue weighted by Gasteiger charge is 2.11. The summed E-state index contributed by atoms with van der Waals surface area (Å²) in [6, 6.07) is 0. The van der Waals surface area contributed by atoms with Crippen LogP contribution >= 0.6 is 0 Å². The number of rotatable bonds is 15. The van der Waals surface area contributed by atoms with Crippen molar-refractivity contribution in [2.45, 2.75) is 97.0 Å². The second kappa shape index (κ2) is 16.0. The Balaban J connectivity index is 3.38. The molecule has 0 aromatic heterocycles. The zero-order valence-corrected chi connectivity index (χ0v) is 15.6. The molecular formula is C20H38O3. The second-order valence-electron chi connectivity index (χ2n) is 6.63. The minimum atomic E-state index is -0.164. The van der Waals surface area contributed by atoms with Gasteiger partial charge in [-0.15, -0.1) is 0 Å². The van der Waals surface area contributed by atoms with Crippen LogP contribution in [0.4, 0.5) is 0 Å². The van der Waals surface area contributed by atoms with Crippen LogP contribution in [0.5, 0.6) is 0 Å². The number of unbranched alkanes of at least 4 members (excludes halogenated alkanes) is 7. The van der Waals surface area contributed by atoms with E-state index < -0.39 is 0 Å². The van der Waals surface area contributed by atoms with Gasteiger partial charge in [-0.05, 0) is 32.1 Å². The van der Waals surface area contributed by atoms with Gasteiger partial charge in [0.05, 0.1) is 19.1 Å². The summed E-state index contributed by atoms with van der Waals surface area (Å²) in [6.07, 6.45) is 17.5. The van der Waals surface area contributed by atoms with Gasteiger partial charge in [-0.2, -0.15) is 0 Å². The largest absolute Gasteiger partial charge is 0.469 e. The molecule has 136 valence electrons. The molecule has 0 aliphatic rings. The van der Waals surface area contributed by atoms with Crippen LogP contribution in [0.25, 0.3) is 0 Å². The summed E-state index contributed by atoms with van der Waals surface area (Å²) < 4.78 is 4.72. The average Bonchev–Trinajstić information content (AvgIpc) is 2.56. The van der Waals surface area contributed by atoms with Crippen LogP contribution in [-0.2, 0) is 9.53 Å². The van der Waals surface area contributed by atoms with Gasteiger partial charge in [0.15, 0.2) is 0 Å². The van der Waals surface area contributed by atoms with Gasteiger partial charge in [-0.1, -0.05) is 70.9 Å². The van der Waals surface area contributed by atoms with Gasteiger partial charge in [-0.3, -0.25) is 4.79 Å². The number of carbonyl (C=O) groups excluding carboxylic acids is 1. The van der Waals surface area contributed by atoms with E-state index in [-0.39, 0.29) is 18.0 Å². The summed E-state index contributed by atoms with van der Waals surface area (Å²) in [5, 5.41) is 9.85. The zero-order valence-electron chi connectivity index (χ0n) is 15.6. The van der Waals surface area contributed by atoms with Crippen molar-refractivity contribution < 1.29 is 14.6 Å². The first-order valence-corrected chi connectivity index (χ1v) is 9.52. The molecule has 0 aromatic rings. The SMILES string of the molecule is CCCCCCC(O)CC=CCCCCCCC(C)C(=O)OC. The third-order valence-electron chi connectivity index (χ3n) is 4.33. The van der Waals surface area contributed by atoms with Crippen molar-refractivity contribution >= 4 is 5.97 Å². The molecule has 1 N–H and O–H groups in total. The number of methoxy groups -OCH3 is 1. The summed E-state index contributed by atoms with van der Waals surface area (Å²) >= 11 is 0. The van der Waals surface area contributed by atoms with Crippen molar-refractivity contribution in [3.63, 3.8) is 0 Å². The standard InChI is InChI=1S/C20H38O3/c1-4-5-6-13-16-19(21)17-14-11-9-7-8-10-12-15-18(2)20(22)23-3/h11,14,18-19,21H,4-10,12-13,15-17H2,1-3H3. The second-order valence-corrected chi connectivity index (χ2v) is 6.63. The number of esters is 1. The van der Waals surface area contributed by atoms with Crippen LogP contribution in [-0.4, -0.2) is 24.3 Å². The third kappa shape index (κ3) is 14.5. The Morgan fingerprint density at radius 1 is 1.00 bits per heavy atom. The molecular weight excluding hydrogens is 288 g/mol. The van der Waals surface area contributed by atoms with Gasteiger partial charge < -0.3 is 9.84 Å². The Labute approximate surface area is 143 Å². The molecule has 0 saturated heterocycles. The van der Waals surface area contributed by atoms with E-state index in [1.807, 2.05) is 6.92 Å². The lowest BCUT2D eigenvalue weighted by atomic mass is 10.0. The number of allylic oxidation sites excluding steroid dienone is 1. The maximum atomic E-state index is 11.3. The fourth-order valence-electron chi connectivity index (χ4n) is 2.68. The molecule has 2 unspecified atom stereocenters.